The summed E-state index contributed by atoms with van der Waals surface area (Å²) in [5.41, 5.74) is 2.44. The van der Waals surface area contributed by atoms with E-state index >= 15 is 0 Å². The van der Waals surface area contributed by atoms with Crippen molar-refractivity contribution in [3.8, 4) is 0 Å². The molecule has 122 valence electrons. The summed E-state index contributed by atoms with van der Waals surface area (Å²) in [4.78, 5) is 24.7. The lowest BCUT2D eigenvalue weighted by Gasteiger charge is -2.17. The van der Waals surface area contributed by atoms with Crippen molar-refractivity contribution in [2.45, 2.75) is 12.5 Å². The maximum atomic E-state index is 12.5. The SMILES string of the molecule is O=C(N[C@@H](Cc1ccccc1)C(=O)Nc1nncs1)c1ccco1. The first-order chi connectivity index (χ1) is 11.7. The molecule has 3 rings (SSSR count). The summed E-state index contributed by atoms with van der Waals surface area (Å²) in [7, 11) is 0. The maximum Gasteiger partial charge on any atom is 0.287 e. The van der Waals surface area contributed by atoms with Crippen LogP contribution < -0.4 is 10.6 Å². The number of amides is 2. The summed E-state index contributed by atoms with van der Waals surface area (Å²) in [5, 5.41) is 13.2. The zero-order valence-corrected chi connectivity index (χ0v) is 13.3. The van der Waals surface area contributed by atoms with E-state index in [0.29, 0.717) is 11.6 Å². The van der Waals surface area contributed by atoms with Crippen LogP contribution in [0.5, 0.6) is 0 Å². The van der Waals surface area contributed by atoms with Gasteiger partial charge in [0.05, 0.1) is 6.26 Å². The van der Waals surface area contributed by atoms with Crippen molar-refractivity contribution in [3.63, 3.8) is 0 Å². The summed E-state index contributed by atoms with van der Waals surface area (Å²) in [6.45, 7) is 0. The van der Waals surface area contributed by atoms with Crippen LogP contribution in [-0.2, 0) is 11.2 Å². The molecule has 2 aromatic heterocycles. The molecule has 0 aliphatic heterocycles. The number of anilines is 1. The third-order valence-electron chi connectivity index (χ3n) is 3.24. The van der Waals surface area contributed by atoms with Crippen molar-refractivity contribution >= 4 is 28.3 Å². The molecule has 0 saturated carbocycles. The molecule has 0 fully saturated rings. The number of hydrogen-bond donors (Lipinski definition) is 2. The molecule has 3 aromatic rings. The first-order valence-corrected chi connectivity index (χ1v) is 8.05. The summed E-state index contributed by atoms with van der Waals surface area (Å²) in [6, 6.07) is 11.8. The molecule has 0 saturated heterocycles. The Bertz CT molecular complexity index is 788. The highest BCUT2D eigenvalue weighted by molar-refractivity contribution is 7.13. The molecule has 7 nitrogen and oxygen atoms in total. The van der Waals surface area contributed by atoms with Gasteiger partial charge in [0, 0.05) is 6.42 Å². The van der Waals surface area contributed by atoms with Crippen LogP contribution in [0.4, 0.5) is 5.13 Å². The Balaban J connectivity index is 1.74. The van der Waals surface area contributed by atoms with Crippen molar-refractivity contribution < 1.29 is 14.0 Å². The quantitative estimate of drug-likeness (QED) is 0.715. The van der Waals surface area contributed by atoms with Gasteiger partial charge in [-0.1, -0.05) is 41.7 Å². The first-order valence-electron chi connectivity index (χ1n) is 7.17. The number of rotatable bonds is 6. The zero-order valence-electron chi connectivity index (χ0n) is 12.5. The topological polar surface area (TPSA) is 97.1 Å². The lowest BCUT2D eigenvalue weighted by molar-refractivity contribution is -0.118. The predicted molar refractivity (Wildman–Crippen MR) is 88.6 cm³/mol. The summed E-state index contributed by atoms with van der Waals surface area (Å²) in [5.74, 6) is -0.666. The second-order valence-corrected chi connectivity index (χ2v) is 5.76. The standard InChI is InChI=1S/C16H14N4O3S/c21-14(19-16-20-17-10-24-16)12(9-11-5-2-1-3-6-11)18-15(22)13-7-4-8-23-13/h1-8,10,12H,9H2,(H,18,22)(H,19,20,21)/t12-/m0/s1. The Morgan fingerprint density at radius 2 is 2.00 bits per heavy atom. The molecular formula is C16H14N4O3S. The van der Waals surface area contributed by atoms with Crippen LogP contribution in [0.25, 0.3) is 0 Å². The Morgan fingerprint density at radius 3 is 2.67 bits per heavy atom. The van der Waals surface area contributed by atoms with Gasteiger partial charge < -0.3 is 9.73 Å². The van der Waals surface area contributed by atoms with Gasteiger partial charge in [0.15, 0.2) is 5.76 Å². The van der Waals surface area contributed by atoms with E-state index in [9.17, 15) is 9.59 Å². The smallest absolute Gasteiger partial charge is 0.287 e. The van der Waals surface area contributed by atoms with E-state index < -0.39 is 11.9 Å². The molecule has 8 heteroatoms. The van der Waals surface area contributed by atoms with Gasteiger partial charge in [-0.05, 0) is 17.7 Å². The van der Waals surface area contributed by atoms with Gasteiger partial charge in [0.25, 0.3) is 5.91 Å². The van der Waals surface area contributed by atoms with Crippen molar-refractivity contribution in [2.75, 3.05) is 5.32 Å². The summed E-state index contributed by atoms with van der Waals surface area (Å²) < 4.78 is 5.07. The molecule has 0 radical (unpaired) electrons. The number of furan rings is 1. The van der Waals surface area contributed by atoms with E-state index in [2.05, 4.69) is 20.8 Å². The molecule has 1 atom stereocenters. The second kappa shape index (κ2) is 7.51. The van der Waals surface area contributed by atoms with E-state index in [1.54, 1.807) is 6.07 Å². The maximum absolute atomic E-state index is 12.5. The molecular weight excluding hydrogens is 328 g/mol. The van der Waals surface area contributed by atoms with Gasteiger partial charge in [0.2, 0.25) is 11.0 Å². The second-order valence-electron chi connectivity index (χ2n) is 4.93. The molecule has 2 heterocycles. The van der Waals surface area contributed by atoms with Crippen LogP contribution in [0, 0.1) is 0 Å². The van der Waals surface area contributed by atoms with E-state index in [-0.39, 0.29) is 11.7 Å². The predicted octanol–water partition coefficient (Wildman–Crippen LogP) is 2.11. The Labute approximate surface area is 141 Å². The van der Waals surface area contributed by atoms with Gasteiger partial charge in [-0.25, -0.2) is 0 Å². The van der Waals surface area contributed by atoms with Gasteiger partial charge >= 0.3 is 0 Å². The summed E-state index contributed by atoms with van der Waals surface area (Å²) >= 11 is 1.21. The number of hydrogen-bond acceptors (Lipinski definition) is 6. The highest BCUT2D eigenvalue weighted by atomic mass is 32.1. The molecule has 0 spiro atoms. The van der Waals surface area contributed by atoms with Crippen molar-refractivity contribution in [2.24, 2.45) is 0 Å². The highest BCUT2D eigenvalue weighted by Gasteiger charge is 2.23. The van der Waals surface area contributed by atoms with Crippen molar-refractivity contribution in [1.29, 1.82) is 0 Å². The van der Waals surface area contributed by atoms with E-state index in [1.807, 2.05) is 30.3 Å². The van der Waals surface area contributed by atoms with Crippen molar-refractivity contribution in [1.82, 2.24) is 15.5 Å². The van der Waals surface area contributed by atoms with Gasteiger partial charge in [0.1, 0.15) is 11.6 Å². The van der Waals surface area contributed by atoms with Crippen LogP contribution >= 0.6 is 11.3 Å². The van der Waals surface area contributed by atoms with Crippen LogP contribution in [-0.4, -0.2) is 28.1 Å². The number of carbonyl (C=O) groups is 2. The number of nitrogens with zero attached hydrogens (tertiary/aromatic N) is 2. The fourth-order valence-corrected chi connectivity index (χ4v) is 2.56. The lowest BCUT2D eigenvalue weighted by atomic mass is 10.1. The number of aromatic nitrogens is 2. The minimum atomic E-state index is -0.770. The number of carbonyl (C=O) groups excluding carboxylic acids is 2. The summed E-state index contributed by atoms with van der Waals surface area (Å²) in [6.07, 6.45) is 1.75. The first kappa shape index (κ1) is 15.9. The molecule has 24 heavy (non-hydrogen) atoms. The Hall–Kier alpha value is -3.00. The van der Waals surface area contributed by atoms with Gasteiger partial charge in [-0.3, -0.25) is 14.9 Å². The average Bonchev–Trinajstić information content (AvgIpc) is 3.29. The Morgan fingerprint density at radius 1 is 1.17 bits per heavy atom. The fraction of sp³-hybridized carbons (Fsp3) is 0.125. The largest absolute Gasteiger partial charge is 0.459 e. The molecule has 0 aliphatic rings. The molecule has 2 N–H and O–H groups in total. The number of nitrogens with one attached hydrogen (secondary N) is 2. The highest BCUT2D eigenvalue weighted by Crippen LogP contribution is 2.11. The minimum Gasteiger partial charge on any atom is -0.459 e. The molecule has 0 unspecified atom stereocenters. The minimum absolute atomic E-state index is 0.150. The Kier molecular flexibility index (Phi) is 4.97. The van der Waals surface area contributed by atoms with Crippen LogP contribution in [0.2, 0.25) is 0 Å². The van der Waals surface area contributed by atoms with Crippen molar-refractivity contribution in [3.05, 3.63) is 65.6 Å². The number of benzene rings is 1. The van der Waals surface area contributed by atoms with Gasteiger partial charge in [-0.15, -0.1) is 10.2 Å². The van der Waals surface area contributed by atoms with Gasteiger partial charge in [-0.2, -0.15) is 0 Å². The van der Waals surface area contributed by atoms with Crippen LogP contribution in [0.3, 0.4) is 0 Å². The lowest BCUT2D eigenvalue weighted by Crippen LogP contribution is -2.45. The van der Waals surface area contributed by atoms with Crippen LogP contribution in [0.1, 0.15) is 16.1 Å². The normalized spacial score (nSPS) is 11.7. The molecule has 0 bridgehead atoms. The third kappa shape index (κ3) is 4.05. The van der Waals surface area contributed by atoms with E-state index in [1.165, 1.54) is 29.2 Å². The monoisotopic (exact) mass is 342 g/mol. The molecule has 2 amide bonds. The molecule has 1 aromatic carbocycles. The van der Waals surface area contributed by atoms with E-state index in [0.717, 1.165) is 5.56 Å². The zero-order chi connectivity index (χ0) is 16.8. The average molecular weight is 342 g/mol. The fourth-order valence-electron chi connectivity index (χ4n) is 2.12. The third-order valence-corrected chi connectivity index (χ3v) is 3.85. The van der Waals surface area contributed by atoms with Crippen LogP contribution in [0.15, 0.2) is 58.7 Å². The van der Waals surface area contributed by atoms with E-state index in [4.69, 9.17) is 4.42 Å². The molecule has 0 aliphatic carbocycles.